The van der Waals surface area contributed by atoms with E-state index in [-0.39, 0.29) is 30.9 Å². The summed E-state index contributed by atoms with van der Waals surface area (Å²) in [6.07, 6.45) is 6.70. The van der Waals surface area contributed by atoms with Crippen molar-refractivity contribution < 1.29 is 50.0 Å². The fourth-order valence-corrected chi connectivity index (χ4v) is 2.42. The summed E-state index contributed by atoms with van der Waals surface area (Å²) in [5, 5.41) is 0. The Hall–Kier alpha value is -0.0457. The summed E-state index contributed by atoms with van der Waals surface area (Å²) in [4.78, 5) is 0. The van der Waals surface area contributed by atoms with Crippen LogP contribution in [0.1, 0.15) is 24.5 Å². The molecule has 1 aliphatic carbocycles. The molecule has 0 fully saturated rings. The topological polar surface area (TPSA) is 9.23 Å². The maximum absolute atomic E-state index is 5.58. The van der Waals surface area contributed by atoms with Crippen LogP contribution in [0.4, 0.5) is 0 Å². The Balaban J connectivity index is 0.00000144. The minimum atomic E-state index is 0. The summed E-state index contributed by atoms with van der Waals surface area (Å²) in [6, 6.07) is 10.4. The molecule has 0 bridgehead atoms. The van der Waals surface area contributed by atoms with Crippen molar-refractivity contribution in [2.24, 2.45) is 0 Å². The zero-order valence-corrected chi connectivity index (χ0v) is 13.3. The van der Waals surface area contributed by atoms with E-state index >= 15 is 0 Å². The summed E-state index contributed by atoms with van der Waals surface area (Å²) in [5.74, 6) is 0. The third-order valence-corrected chi connectivity index (χ3v) is 3.71. The quantitative estimate of drug-likeness (QED) is 0.560. The van der Waals surface area contributed by atoms with E-state index in [1.165, 1.54) is 15.0 Å². The first kappa shape index (κ1) is 18.0. The standard InChI is InChI=1S/C14H15O.2ClH.Ti/c1-15-14(11-12-7-5-6-8-12)13-9-3-2-4-10-13;;;/h2-5,7,9-10,14H,6,11H2,1H3;2*1H;/q;;;+2/p-2. The number of halogens is 2. The van der Waals surface area contributed by atoms with Crippen molar-refractivity contribution in [2.45, 2.75) is 18.9 Å². The fourth-order valence-electron chi connectivity index (χ4n) is 1.95. The minimum absolute atomic E-state index is 0. The van der Waals surface area contributed by atoms with E-state index in [9.17, 15) is 0 Å². The number of hydrogen-bond donors (Lipinski definition) is 0. The van der Waals surface area contributed by atoms with Crippen LogP contribution in [0.2, 0.25) is 0 Å². The molecule has 18 heavy (non-hydrogen) atoms. The molecule has 0 heterocycles. The van der Waals surface area contributed by atoms with Crippen molar-refractivity contribution in [1.82, 2.24) is 0 Å². The molecule has 1 aromatic rings. The van der Waals surface area contributed by atoms with Gasteiger partial charge in [0, 0.05) is 0 Å². The number of allylic oxidation sites excluding steroid dienone is 3. The van der Waals surface area contributed by atoms with Crippen molar-refractivity contribution in [3.63, 3.8) is 0 Å². The van der Waals surface area contributed by atoms with E-state index in [0.717, 1.165) is 12.8 Å². The van der Waals surface area contributed by atoms with Gasteiger partial charge in [0.25, 0.3) is 0 Å². The Labute approximate surface area is 133 Å². The predicted octanol–water partition coefficient (Wildman–Crippen LogP) is -2.47. The van der Waals surface area contributed by atoms with Crippen molar-refractivity contribution in [1.29, 1.82) is 0 Å². The average Bonchev–Trinajstić information content (AvgIpc) is 2.73. The van der Waals surface area contributed by atoms with Crippen molar-refractivity contribution in [2.75, 3.05) is 7.11 Å². The molecule has 1 atom stereocenters. The first-order valence-corrected chi connectivity index (χ1v) is 6.27. The van der Waals surface area contributed by atoms with Crippen molar-refractivity contribution in [3.05, 3.63) is 57.5 Å². The average molecular weight is 318 g/mol. The van der Waals surface area contributed by atoms with Crippen LogP contribution >= 0.6 is 0 Å². The Kier molecular flexibility index (Phi) is 8.93. The van der Waals surface area contributed by atoms with Gasteiger partial charge < -0.3 is 24.8 Å². The van der Waals surface area contributed by atoms with Crippen LogP contribution < -0.4 is 24.8 Å². The van der Waals surface area contributed by atoms with Gasteiger partial charge in [-0.05, 0) is 0 Å². The second kappa shape index (κ2) is 8.95. The van der Waals surface area contributed by atoms with Gasteiger partial charge >= 0.3 is 109 Å². The van der Waals surface area contributed by atoms with Crippen LogP contribution in [0.5, 0.6) is 0 Å². The second-order valence-electron chi connectivity index (χ2n) is 3.95. The molecule has 0 aromatic heterocycles. The maximum Gasteiger partial charge on any atom is -1.00 e. The molecule has 0 N–H and O–H groups in total. The van der Waals surface area contributed by atoms with Gasteiger partial charge in [-0.3, -0.25) is 0 Å². The van der Waals surface area contributed by atoms with Gasteiger partial charge in [0.2, 0.25) is 0 Å². The molecule has 1 unspecified atom stereocenters. The number of benzene rings is 1. The van der Waals surface area contributed by atoms with Crippen LogP contribution in [0.15, 0.2) is 51.9 Å². The molecule has 0 saturated heterocycles. The molecule has 0 aliphatic heterocycles. The van der Waals surface area contributed by atoms with E-state index in [0.29, 0.717) is 0 Å². The van der Waals surface area contributed by atoms with Crippen LogP contribution in [-0.2, 0) is 25.2 Å². The largest absolute Gasteiger partial charge is 1.00 e. The normalized spacial score (nSPS) is 15.1. The molecule has 1 nitrogen and oxygen atoms in total. The molecule has 1 aromatic carbocycles. The smallest absolute Gasteiger partial charge is 1.00 e. The van der Waals surface area contributed by atoms with Crippen molar-refractivity contribution >= 4 is 0 Å². The predicted molar refractivity (Wildman–Crippen MR) is 61.6 cm³/mol. The van der Waals surface area contributed by atoms with Crippen LogP contribution in [0.3, 0.4) is 0 Å². The first-order valence-electron chi connectivity index (χ1n) is 5.49. The second-order valence-corrected chi connectivity index (χ2v) is 4.89. The molecule has 95 valence electrons. The third kappa shape index (κ3) is 4.57. The Bertz CT molecular complexity index is 415. The van der Waals surface area contributed by atoms with E-state index < -0.39 is 0 Å². The molecule has 1 aliphatic rings. The number of rotatable bonds is 4. The Morgan fingerprint density at radius 2 is 1.89 bits per heavy atom. The minimum Gasteiger partial charge on any atom is -1.00 e. The zero-order chi connectivity index (χ0) is 11.4. The van der Waals surface area contributed by atoms with E-state index in [2.05, 4.69) is 56.9 Å². The number of hydrogen-bond acceptors (Lipinski definition) is 1. The van der Waals surface area contributed by atoms with Gasteiger partial charge in [0.1, 0.15) is 0 Å². The van der Waals surface area contributed by atoms with E-state index in [1.807, 2.05) is 6.07 Å². The summed E-state index contributed by atoms with van der Waals surface area (Å²) in [7, 11) is 1.78. The van der Waals surface area contributed by atoms with Gasteiger partial charge in [-0.1, -0.05) is 0 Å². The van der Waals surface area contributed by atoms with E-state index in [1.54, 1.807) is 7.11 Å². The molecule has 0 spiro atoms. The summed E-state index contributed by atoms with van der Waals surface area (Å²) in [5.41, 5.74) is 2.68. The van der Waals surface area contributed by atoms with Gasteiger partial charge in [-0.25, -0.2) is 0 Å². The molecule has 0 amide bonds. The molecular formula is C14H15Cl2OTi. The fraction of sp³-hybridized carbons (Fsp3) is 0.286. The maximum atomic E-state index is 5.58. The molecule has 0 saturated carbocycles. The zero-order valence-electron chi connectivity index (χ0n) is 10.2. The Morgan fingerprint density at radius 1 is 1.22 bits per heavy atom. The van der Waals surface area contributed by atoms with Gasteiger partial charge in [0.15, 0.2) is 0 Å². The van der Waals surface area contributed by atoms with Crippen LogP contribution in [0, 0.1) is 0 Å². The molecule has 4 heteroatoms. The summed E-state index contributed by atoms with van der Waals surface area (Å²) >= 11 is 2.20. The Morgan fingerprint density at radius 3 is 2.39 bits per heavy atom. The summed E-state index contributed by atoms with van der Waals surface area (Å²) < 4.78 is 7.05. The molecular weight excluding hydrogens is 303 g/mol. The van der Waals surface area contributed by atoms with E-state index in [4.69, 9.17) is 4.74 Å². The van der Waals surface area contributed by atoms with Gasteiger partial charge in [-0.15, -0.1) is 0 Å². The summed E-state index contributed by atoms with van der Waals surface area (Å²) in [6.45, 7) is 0. The monoisotopic (exact) mass is 317 g/mol. The van der Waals surface area contributed by atoms with Gasteiger partial charge in [-0.2, -0.15) is 0 Å². The van der Waals surface area contributed by atoms with Crippen LogP contribution in [-0.4, -0.2) is 7.11 Å². The van der Waals surface area contributed by atoms with Crippen LogP contribution in [0.25, 0.3) is 0 Å². The molecule has 0 radical (unpaired) electrons. The number of ether oxygens (including phenoxy) is 1. The third-order valence-electron chi connectivity index (χ3n) is 2.89. The molecule has 2 rings (SSSR count). The first-order chi connectivity index (χ1) is 7.81. The van der Waals surface area contributed by atoms with Crippen molar-refractivity contribution in [3.8, 4) is 0 Å². The van der Waals surface area contributed by atoms with Gasteiger partial charge in [0.05, 0.1) is 0 Å². The SMILES string of the molecule is COC(CC1=[C]([Ti+2])CC=C1)c1ccccc1.[Cl-].[Cl-]. The number of methoxy groups -OCH3 is 1.